The molecule has 3 aromatic rings. The Morgan fingerprint density at radius 1 is 1.12 bits per heavy atom. The molecule has 1 saturated heterocycles. The van der Waals surface area contributed by atoms with Crippen LogP contribution >= 0.6 is 0 Å². The molecule has 212 valence electrons. The molecule has 1 aliphatic heterocycles. The predicted octanol–water partition coefficient (Wildman–Crippen LogP) is 3.71. The summed E-state index contributed by atoms with van der Waals surface area (Å²) in [4.78, 5) is 52.1. The third-order valence-electron chi connectivity index (χ3n) is 7.39. The van der Waals surface area contributed by atoms with Crippen molar-refractivity contribution in [2.75, 3.05) is 9.80 Å². The number of aromatic nitrogens is 2. The molecule has 12 heteroatoms. The molecule has 3 amide bonds. The number of carbonyl (C=O) groups excluding carboxylic acids is 3. The van der Waals surface area contributed by atoms with Crippen LogP contribution in [0.25, 0.3) is 0 Å². The number of nitrogens with zero attached hydrogens (tertiary/aromatic N) is 6. The van der Waals surface area contributed by atoms with Crippen molar-refractivity contribution in [1.29, 1.82) is 10.5 Å². The maximum absolute atomic E-state index is 14.6. The van der Waals surface area contributed by atoms with Gasteiger partial charge in [-0.05, 0) is 48.7 Å². The Bertz CT molecular complexity index is 1640. The normalized spacial score (nSPS) is 18.4. The lowest BCUT2D eigenvalue weighted by Gasteiger charge is -2.39. The number of alkyl halides is 2. The Kier molecular flexibility index (Phi) is 7.64. The maximum atomic E-state index is 14.6. The molecule has 2 heterocycles. The van der Waals surface area contributed by atoms with Crippen LogP contribution in [0.1, 0.15) is 54.1 Å². The Morgan fingerprint density at radius 2 is 1.88 bits per heavy atom. The van der Waals surface area contributed by atoms with E-state index in [0.717, 1.165) is 4.90 Å². The summed E-state index contributed by atoms with van der Waals surface area (Å²) in [6.45, 7) is 1.76. The summed E-state index contributed by atoms with van der Waals surface area (Å²) in [6.07, 6.45) is 0.327. The van der Waals surface area contributed by atoms with Gasteiger partial charge in [-0.25, -0.2) is 18.7 Å². The van der Waals surface area contributed by atoms with Crippen molar-refractivity contribution in [1.82, 2.24) is 15.3 Å². The first-order valence-corrected chi connectivity index (χ1v) is 13.2. The number of nitriles is 2. The van der Waals surface area contributed by atoms with E-state index in [-0.39, 0.29) is 35.7 Å². The molecule has 1 saturated carbocycles. The van der Waals surface area contributed by atoms with Crippen LogP contribution in [0.4, 0.5) is 20.4 Å². The van der Waals surface area contributed by atoms with Gasteiger partial charge in [-0.15, -0.1) is 0 Å². The Labute approximate surface area is 240 Å². The second kappa shape index (κ2) is 11.3. The molecular formula is C30H25F2N7O3. The van der Waals surface area contributed by atoms with Crippen molar-refractivity contribution in [3.63, 3.8) is 0 Å². The summed E-state index contributed by atoms with van der Waals surface area (Å²) in [5.41, 5.74) is 1.52. The third kappa shape index (κ3) is 5.52. The highest BCUT2D eigenvalue weighted by atomic mass is 19.3. The van der Waals surface area contributed by atoms with E-state index < -0.39 is 54.6 Å². The second-order valence-corrected chi connectivity index (χ2v) is 10.3. The fourth-order valence-electron chi connectivity index (χ4n) is 5.32. The van der Waals surface area contributed by atoms with Crippen molar-refractivity contribution in [3.05, 3.63) is 83.2 Å². The molecular weight excluding hydrogens is 544 g/mol. The van der Waals surface area contributed by atoms with Crippen LogP contribution in [-0.2, 0) is 14.4 Å². The molecule has 2 aromatic carbocycles. The van der Waals surface area contributed by atoms with Gasteiger partial charge >= 0.3 is 0 Å². The average Bonchev–Trinajstić information content (AvgIpc) is 3.36. The number of carbonyl (C=O) groups is 3. The lowest BCUT2D eigenvalue weighted by molar-refractivity contribution is -0.133. The van der Waals surface area contributed by atoms with Crippen molar-refractivity contribution in [2.45, 2.75) is 56.7 Å². The van der Waals surface area contributed by atoms with E-state index >= 15 is 0 Å². The van der Waals surface area contributed by atoms with Gasteiger partial charge in [0, 0.05) is 37.2 Å². The van der Waals surface area contributed by atoms with Crippen LogP contribution in [0.3, 0.4) is 0 Å². The second-order valence-electron chi connectivity index (χ2n) is 10.3. The predicted molar refractivity (Wildman–Crippen MR) is 146 cm³/mol. The molecule has 5 rings (SSSR count). The van der Waals surface area contributed by atoms with Crippen LogP contribution in [0, 0.1) is 29.6 Å². The Morgan fingerprint density at radius 3 is 2.57 bits per heavy atom. The van der Waals surface area contributed by atoms with E-state index in [1.165, 1.54) is 29.3 Å². The van der Waals surface area contributed by atoms with Gasteiger partial charge in [0.25, 0.3) is 11.8 Å². The fourth-order valence-corrected chi connectivity index (χ4v) is 5.32. The molecule has 0 spiro atoms. The number of rotatable bonds is 7. The molecule has 0 bridgehead atoms. The largest absolute Gasteiger partial charge is 0.351 e. The van der Waals surface area contributed by atoms with Crippen LogP contribution < -0.4 is 15.1 Å². The summed E-state index contributed by atoms with van der Waals surface area (Å²) >= 11 is 0. The lowest BCUT2D eigenvalue weighted by Crippen LogP contribution is -2.56. The Balaban J connectivity index is 1.62. The van der Waals surface area contributed by atoms with E-state index in [1.807, 2.05) is 12.1 Å². The number of aryl methyl sites for hydroxylation is 1. The van der Waals surface area contributed by atoms with Crippen LogP contribution in [0.2, 0.25) is 0 Å². The number of benzene rings is 2. The summed E-state index contributed by atoms with van der Waals surface area (Å²) in [6, 6.07) is 15.0. The van der Waals surface area contributed by atoms with Crippen molar-refractivity contribution in [3.8, 4) is 12.1 Å². The smallest absolute Gasteiger partial charge is 0.252 e. The highest BCUT2D eigenvalue weighted by molar-refractivity contribution is 6.10. The van der Waals surface area contributed by atoms with Crippen molar-refractivity contribution < 1.29 is 23.2 Å². The molecule has 0 unspecified atom stereocenters. The quantitative estimate of drug-likeness (QED) is 0.457. The van der Waals surface area contributed by atoms with Crippen LogP contribution in [0.15, 0.2) is 60.8 Å². The zero-order chi connectivity index (χ0) is 30.0. The minimum Gasteiger partial charge on any atom is -0.351 e. The first-order valence-electron chi connectivity index (χ1n) is 13.2. The van der Waals surface area contributed by atoms with Gasteiger partial charge in [0.05, 0.1) is 11.6 Å². The highest BCUT2D eigenvalue weighted by Crippen LogP contribution is 2.39. The van der Waals surface area contributed by atoms with Crippen LogP contribution in [-0.4, -0.2) is 45.7 Å². The van der Waals surface area contributed by atoms with E-state index in [4.69, 9.17) is 0 Å². The van der Waals surface area contributed by atoms with Gasteiger partial charge in [-0.1, -0.05) is 30.3 Å². The first kappa shape index (κ1) is 28.3. The number of hydrogen-bond donors (Lipinski definition) is 1. The summed E-state index contributed by atoms with van der Waals surface area (Å²) in [7, 11) is 0. The van der Waals surface area contributed by atoms with Gasteiger partial charge in [0.1, 0.15) is 23.8 Å². The van der Waals surface area contributed by atoms with E-state index in [2.05, 4.69) is 15.3 Å². The number of nitrogens with one attached hydrogen (secondary N) is 1. The zero-order valence-corrected chi connectivity index (χ0v) is 22.5. The maximum Gasteiger partial charge on any atom is 0.252 e. The van der Waals surface area contributed by atoms with Crippen LogP contribution in [0.5, 0.6) is 0 Å². The van der Waals surface area contributed by atoms with E-state index in [0.29, 0.717) is 11.1 Å². The monoisotopic (exact) mass is 569 g/mol. The zero-order valence-electron chi connectivity index (χ0n) is 22.5. The van der Waals surface area contributed by atoms with Gasteiger partial charge in [-0.3, -0.25) is 24.2 Å². The Hall–Kier alpha value is -5.23. The number of anilines is 2. The minimum atomic E-state index is -2.88. The molecule has 1 aromatic heterocycles. The molecule has 2 atom stereocenters. The van der Waals surface area contributed by atoms with Crippen molar-refractivity contribution >= 4 is 29.4 Å². The van der Waals surface area contributed by atoms with Gasteiger partial charge in [0.2, 0.25) is 17.8 Å². The van der Waals surface area contributed by atoms with Crippen molar-refractivity contribution in [2.24, 2.45) is 0 Å². The molecule has 2 aliphatic rings. The van der Waals surface area contributed by atoms with E-state index in [9.17, 15) is 33.7 Å². The lowest BCUT2D eigenvalue weighted by atomic mass is 9.87. The summed E-state index contributed by atoms with van der Waals surface area (Å²) < 4.78 is 27.3. The molecule has 2 fully saturated rings. The van der Waals surface area contributed by atoms with Gasteiger partial charge < -0.3 is 5.32 Å². The number of amides is 3. The molecule has 1 N–H and O–H groups in total. The molecule has 10 nitrogen and oxygen atoms in total. The highest BCUT2D eigenvalue weighted by Gasteiger charge is 2.48. The fraction of sp³-hybridized carbons (Fsp3) is 0.300. The summed E-state index contributed by atoms with van der Waals surface area (Å²) in [5.74, 6) is -4.80. The van der Waals surface area contributed by atoms with E-state index in [1.54, 1.807) is 43.3 Å². The third-order valence-corrected chi connectivity index (χ3v) is 7.39. The standard InChI is InChI=1S/C30H25F2N7O3/c1-18-5-2-3-8-23(18)26(27(41)36-21-14-30(31,32)15-21)38(22-7-4-6-19(13-22)16-33)28(42)24-9-10-25(40)39(24)29-35-12-11-20(17-34)37-29/h2-8,11-13,21,24,26H,9-10,14-15H2,1H3,(H,36,41)/t24-,26-/m0/s1. The molecule has 42 heavy (non-hydrogen) atoms. The number of hydrogen-bond acceptors (Lipinski definition) is 7. The molecule has 0 radical (unpaired) electrons. The van der Waals surface area contributed by atoms with Gasteiger partial charge in [-0.2, -0.15) is 10.5 Å². The summed E-state index contributed by atoms with van der Waals surface area (Å²) in [5, 5.41) is 21.6. The number of halogens is 2. The average molecular weight is 570 g/mol. The topological polar surface area (TPSA) is 143 Å². The molecule has 1 aliphatic carbocycles. The minimum absolute atomic E-state index is 0.000980. The first-order chi connectivity index (χ1) is 20.1. The SMILES string of the molecule is Cc1ccccc1[C@@H](C(=O)NC1CC(F)(F)C1)N(C(=O)[C@@H]1CCC(=O)N1c1nccc(C#N)n1)c1cccc(C#N)c1. The van der Waals surface area contributed by atoms with Gasteiger partial charge in [0.15, 0.2) is 0 Å².